The third kappa shape index (κ3) is 2.11. The van der Waals surface area contributed by atoms with Gasteiger partial charge in [0.2, 0.25) is 0 Å². The Balaban J connectivity index is 2.20. The van der Waals surface area contributed by atoms with Crippen molar-refractivity contribution in [2.75, 3.05) is 18.0 Å². The predicted octanol–water partition coefficient (Wildman–Crippen LogP) is 2.64. The van der Waals surface area contributed by atoms with Crippen LogP contribution in [0.1, 0.15) is 13.8 Å². The molecule has 5 nitrogen and oxygen atoms in total. The molecule has 2 aromatic heterocycles. The van der Waals surface area contributed by atoms with E-state index in [1.54, 1.807) is 10.8 Å². The zero-order valence-corrected chi connectivity index (χ0v) is 11.7. The first kappa shape index (κ1) is 12.6. The van der Waals surface area contributed by atoms with Gasteiger partial charge >= 0.3 is 0 Å². The van der Waals surface area contributed by atoms with Crippen LogP contribution in [0, 0.1) is 0 Å². The number of aromatic nitrogens is 4. The van der Waals surface area contributed by atoms with Crippen molar-refractivity contribution in [3.8, 4) is 11.3 Å². The molecule has 0 aliphatic carbocycles. The minimum absolute atomic E-state index is 0.633. The Morgan fingerprint density at radius 3 is 2.55 bits per heavy atom. The van der Waals surface area contributed by atoms with E-state index < -0.39 is 0 Å². The fourth-order valence-corrected chi connectivity index (χ4v) is 2.33. The van der Waals surface area contributed by atoms with Crippen molar-refractivity contribution in [2.24, 2.45) is 0 Å². The van der Waals surface area contributed by atoms with Crippen LogP contribution in [-0.2, 0) is 0 Å². The molecule has 0 radical (unpaired) electrons. The summed E-state index contributed by atoms with van der Waals surface area (Å²) in [5, 5.41) is 4.27. The third-order valence-electron chi connectivity index (χ3n) is 3.39. The van der Waals surface area contributed by atoms with Crippen molar-refractivity contribution < 1.29 is 0 Å². The number of rotatable bonds is 4. The normalized spacial score (nSPS) is 10.9. The van der Waals surface area contributed by atoms with Crippen molar-refractivity contribution in [3.05, 3.63) is 42.7 Å². The van der Waals surface area contributed by atoms with Crippen LogP contribution in [0.4, 0.5) is 5.82 Å². The van der Waals surface area contributed by atoms with Crippen LogP contribution in [0.2, 0.25) is 0 Å². The Bertz CT molecular complexity index is 701. The second-order valence-electron chi connectivity index (χ2n) is 4.51. The predicted molar refractivity (Wildman–Crippen MR) is 79.8 cm³/mol. The highest BCUT2D eigenvalue weighted by Gasteiger charge is 2.12. The minimum Gasteiger partial charge on any atom is -0.357 e. The van der Waals surface area contributed by atoms with Crippen molar-refractivity contribution in [3.63, 3.8) is 0 Å². The number of anilines is 1. The SMILES string of the molecule is CCN(CC)c1cc(-c2ccccc2)nc2ncnn12. The van der Waals surface area contributed by atoms with E-state index in [4.69, 9.17) is 0 Å². The molecule has 0 aliphatic heterocycles. The van der Waals surface area contributed by atoms with E-state index in [0.717, 1.165) is 30.2 Å². The molecule has 1 aromatic carbocycles. The molecule has 5 heteroatoms. The Hall–Kier alpha value is -2.43. The molecule has 0 spiro atoms. The molecule has 0 atom stereocenters. The van der Waals surface area contributed by atoms with Crippen LogP contribution in [0.3, 0.4) is 0 Å². The van der Waals surface area contributed by atoms with Gasteiger partial charge in [0.05, 0.1) is 5.69 Å². The molecule has 0 saturated heterocycles. The number of fused-ring (bicyclic) bond motifs is 1. The number of hydrogen-bond donors (Lipinski definition) is 0. The average molecular weight is 267 g/mol. The number of hydrogen-bond acceptors (Lipinski definition) is 4. The Morgan fingerprint density at radius 1 is 1.10 bits per heavy atom. The smallest absolute Gasteiger partial charge is 0.254 e. The molecule has 3 rings (SSSR count). The first-order valence-electron chi connectivity index (χ1n) is 6.84. The fourth-order valence-electron chi connectivity index (χ4n) is 2.33. The van der Waals surface area contributed by atoms with Gasteiger partial charge in [-0.3, -0.25) is 0 Å². The lowest BCUT2D eigenvalue weighted by atomic mass is 10.1. The van der Waals surface area contributed by atoms with Crippen molar-refractivity contribution in [2.45, 2.75) is 13.8 Å². The van der Waals surface area contributed by atoms with E-state index in [-0.39, 0.29) is 0 Å². The van der Waals surface area contributed by atoms with E-state index in [0.29, 0.717) is 5.78 Å². The highest BCUT2D eigenvalue weighted by molar-refractivity contribution is 5.65. The van der Waals surface area contributed by atoms with Crippen LogP contribution in [0.25, 0.3) is 17.0 Å². The summed E-state index contributed by atoms with van der Waals surface area (Å²) in [7, 11) is 0. The number of nitrogens with zero attached hydrogens (tertiary/aromatic N) is 5. The highest BCUT2D eigenvalue weighted by Crippen LogP contribution is 2.23. The Morgan fingerprint density at radius 2 is 1.85 bits per heavy atom. The van der Waals surface area contributed by atoms with Gasteiger partial charge in [-0.25, -0.2) is 4.98 Å². The standard InChI is InChI=1S/C15H17N5/c1-3-19(4-2)14-10-13(12-8-6-5-7-9-12)18-15-16-11-17-20(14)15/h5-11H,3-4H2,1-2H3. The first-order chi connectivity index (χ1) is 9.83. The van der Waals surface area contributed by atoms with Gasteiger partial charge < -0.3 is 4.90 Å². The second kappa shape index (κ2) is 5.28. The minimum atomic E-state index is 0.633. The molecule has 0 unspecified atom stereocenters. The average Bonchev–Trinajstić information content (AvgIpc) is 2.97. The maximum absolute atomic E-state index is 4.58. The lowest BCUT2D eigenvalue weighted by molar-refractivity contribution is 0.800. The zero-order chi connectivity index (χ0) is 13.9. The summed E-state index contributed by atoms with van der Waals surface area (Å²) in [5.41, 5.74) is 2.01. The fraction of sp³-hybridized carbons (Fsp3) is 0.267. The molecule has 0 aliphatic rings. The van der Waals surface area contributed by atoms with E-state index >= 15 is 0 Å². The molecule has 3 aromatic rings. The summed E-state index contributed by atoms with van der Waals surface area (Å²) in [6.45, 7) is 6.11. The molecule has 0 saturated carbocycles. The lowest BCUT2D eigenvalue weighted by Crippen LogP contribution is -2.24. The maximum atomic E-state index is 4.58. The molecule has 0 bridgehead atoms. The van der Waals surface area contributed by atoms with E-state index in [9.17, 15) is 0 Å². The van der Waals surface area contributed by atoms with Gasteiger partial charge in [-0.2, -0.15) is 14.6 Å². The Kier molecular flexibility index (Phi) is 3.33. The topological polar surface area (TPSA) is 46.3 Å². The summed E-state index contributed by atoms with van der Waals surface area (Å²) in [6, 6.07) is 12.2. The molecule has 0 amide bonds. The van der Waals surface area contributed by atoms with Crippen LogP contribution < -0.4 is 4.90 Å². The molecule has 102 valence electrons. The van der Waals surface area contributed by atoms with Crippen LogP contribution in [0.5, 0.6) is 0 Å². The largest absolute Gasteiger partial charge is 0.357 e. The highest BCUT2D eigenvalue weighted by atomic mass is 15.4. The summed E-state index contributed by atoms with van der Waals surface area (Å²) in [4.78, 5) is 11.1. The molecule has 0 fully saturated rings. The summed E-state index contributed by atoms with van der Waals surface area (Å²) in [6.07, 6.45) is 1.55. The van der Waals surface area contributed by atoms with Gasteiger partial charge in [0.25, 0.3) is 5.78 Å². The van der Waals surface area contributed by atoms with Crippen molar-refractivity contribution >= 4 is 11.6 Å². The molecule has 2 heterocycles. The van der Waals surface area contributed by atoms with Crippen LogP contribution in [-0.4, -0.2) is 32.7 Å². The maximum Gasteiger partial charge on any atom is 0.254 e. The lowest BCUT2D eigenvalue weighted by Gasteiger charge is -2.21. The van der Waals surface area contributed by atoms with Crippen LogP contribution in [0.15, 0.2) is 42.7 Å². The quantitative estimate of drug-likeness (QED) is 0.729. The van der Waals surface area contributed by atoms with Gasteiger partial charge in [-0.1, -0.05) is 30.3 Å². The summed E-state index contributed by atoms with van der Waals surface area (Å²) in [5.74, 6) is 1.66. The molecule has 0 N–H and O–H groups in total. The van der Waals surface area contributed by atoms with E-state index in [1.165, 1.54) is 0 Å². The van der Waals surface area contributed by atoms with E-state index in [1.807, 2.05) is 18.2 Å². The Labute approximate surface area is 117 Å². The van der Waals surface area contributed by atoms with Crippen LogP contribution >= 0.6 is 0 Å². The first-order valence-corrected chi connectivity index (χ1v) is 6.84. The molecular weight excluding hydrogens is 250 g/mol. The van der Waals surface area contributed by atoms with Crippen molar-refractivity contribution in [1.29, 1.82) is 0 Å². The molecule has 20 heavy (non-hydrogen) atoms. The van der Waals surface area contributed by atoms with Gasteiger partial charge in [0, 0.05) is 24.7 Å². The summed E-state index contributed by atoms with van der Waals surface area (Å²) < 4.78 is 1.79. The third-order valence-corrected chi connectivity index (χ3v) is 3.39. The zero-order valence-electron chi connectivity index (χ0n) is 11.7. The van der Waals surface area contributed by atoms with Gasteiger partial charge in [-0.05, 0) is 13.8 Å². The molecular formula is C15H17N5. The van der Waals surface area contributed by atoms with E-state index in [2.05, 4.69) is 52.0 Å². The summed E-state index contributed by atoms with van der Waals surface area (Å²) >= 11 is 0. The second-order valence-corrected chi connectivity index (χ2v) is 4.51. The van der Waals surface area contributed by atoms with Gasteiger partial charge in [-0.15, -0.1) is 0 Å². The van der Waals surface area contributed by atoms with Gasteiger partial charge in [0.15, 0.2) is 0 Å². The number of benzene rings is 1. The van der Waals surface area contributed by atoms with Crippen molar-refractivity contribution in [1.82, 2.24) is 19.6 Å². The monoisotopic (exact) mass is 267 g/mol. The van der Waals surface area contributed by atoms with Gasteiger partial charge in [0.1, 0.15) is 12.1 Å².